The molecular weight excluding hydrogens is 448 g/mol. The number of fused-ring (bicyclic) bond motifs is 3. The van der Waals surface area contributed by atoms with Crippen molar-refractivity contribution < 1.29 is 29.0 Å². The molecule has 1 saturated heterocycles. The van der Waals surface area contributed by atoms with Gasteiger partial charge < -0.3 is 24.8 Å². The van der Waals surface area contributed by atoms with Gasteiger partial charge in [0, 0.05) is 26.1 Å². The summed E-state index contributed by atoms with van der Waals surface area (Å²) in [5.74, 6) is -1.41. The molecule has 3 atom stereocenters. The Labute approximate surface area is 205 Å². The van der Waals surface area contributed by atoms with Gasteiger partial charge in [-0.3, -0.25) is 9.59 Å². The number of hydrogen-bond donors (Lipinski definition) is 2. The maximum absolute atomic E-state index is 13.3. The summed E-state index contributed by atoms with van der Waals surface area (Å²) in [5.41, 5.74) is 3.44. The molecule has 2 amide bonds. The molecule has 0 radical (unpaired) electrons. The van der Waals surface area contributed by atoms with Crippen molar-refractivity contribution in [1.82, 2.24) is 10.2 Å². The Bertz CT molecular complexity index is 1070. The number of nitrogens with zero attached hydrogens (tertiary/aromatic N) is 1. The van der Waals surface area contributed by atoms with Crippen molar-refractivity contribution in [2.45, 2.75) is 44.8 Å². The van der Waals surface area contributed by atoms with Crippen LogP contribution in [0.5, 0.6) is 0 Å². The number of methoxy groups -OCH3 is 1. The molecule has 0 aromatic heterocycles. The maximum Gasteiger partial charge on any atom is 0.407 e. The first-order valence-corrected chi connectivity index (χ1v) is 11.9. The summed E-state index contributed by atoms with van der Waals surface area (Å²) in [6.07, 6.45) is -0.266. The molecule has 1 fully saturated rings. The zero-order chi connectivity index (χ0) is 25.2. The lowest BCUT2D eigenvalue weighted by Gasteiger charge is -2.39. The Kier molecular flexibility index (Phi) is 7.12. The highest BCUT2D eigenvalue weighted by atomic mass is 16.5. The third-order valence-electron chi connectivity index (χ3n) is 7.25. The number of amides is 2. The molecular formula is C27H32N2O6. The van der Waals surface area contributed by atoms with Gasteiger partial charge in [0.1, 0.15) is 12.6 Å². The number of alkyl carbamates (subject to hydrolysis) is 1. The van der Waals surface area contributed by atoms with Gasteiger partial charge >= 0.3 is 12.1 Å². The number of carboxylic acid groups (broad SMARTS) is 1. The minimum atomic E-state index is -1.02. The average molecular weight is 481 g/mol. The smallest absolute Gasteiger partial charge is 0.407 e. The summed E-state index contributed by atoms with van der Waals surface area (Å²) in [4.78, 5) is 39.4. The van der Waals surface area contributed by atoms with E-state index in [9.17, 15) is 19.5 Å². The van der Waals surface area contributed by atoms with Crippen molar-refractivity contribution in [2.75, 3.05) is 26.8 Å². The highest BCUT2D eigenvalue weighted by Gasteiger charge is 2.42. The molecule has 2 aromatic carbocycles. The zero-order valence-corrected chi connectivity index (χ0v) is 20.3. The SMILES string of the molecule is COC(C)C(NC(=O)OCC1c2ccccc2-c2ccccc21)C(=O)N1CCCC(C)(C(=O)O)C1. The van der Waals surface area contributed by atoms with Crippen molar-refractivity contribution in [1.29, 1.82) is 0 Å². The first-order chi connectivity index (χ1) is 16.7. The highest BCUT2D eigenvalue weighted by molar-refractivity contribution is 5.87. The Morgan fingerprint density at radius 1 is 1.11 bits per heavy atom. The summed E-state index contributed by atoms with van der Waals surface area (Å²) in [6, 6.07) is 15.1. The molecule has 2 N–H and O–H groups in total. The summed E-state index contributed by atoms with van der Waals surface area (Å²) < 4.78 is 11.0. The van der Waals surface area contributed by atoms with E-state index in [1.165, 1.54) is 12.0 Å². The number of aliphatic carboxylic acids is 1. The van der Waals surface area contributed by atoms with Crippen molar-refractivity contribution in [3.05, 3.63) is 59.7 Å². The van der Waals surface area contributed by atoms with Gasteiger partial charge in [-0.05, 0) is 48.9 Å². The second kappa shape index (κ2) is 10.1. The van der Waals surface area contributed by atoms with Crippen LogP contribution in [0.25, 0.3) is 11.1 Å². The van der Waals surface area contributed by atoms with Gasteiger partial charge in [0.25, 0.3) is 0 Å². The van der Waals surface area contributed by atoms with Crippen molar-refractivity contribution in [2.24, 2.45) is 5.41 Å². The lowest BCUT2D eigenvalue weighted by molar-refractivity contribution is -0.154. The molecule has 0 saturated carbocycles. The van der Waals surface area contributed by atoms with Gasteiger partial charge in [0.05, 0.1) is 11.5 Å². The quantitative estimate of drug-likeness (QED) is 0.627. The molecule has 0 bridgehead atoms. The maximum atomic E-state index is 13.3. The summed E-state index contributed by atoms with van der Waals surface area (Å²) >= 11 is 0. The van der Waals surface area contributed by atoms with Crippen LogP contribution in [-0.2, 0) is 19.1 Å². The van der Waals surface area contributed by atoms with Crippen LogP contribution < -0.4 is 5.32 Å². The minimum Gasteiger partial charge on any atom is -0.481 e. The topological polar surface area (TPSA) is 105 Å². The molecule has 1 aliphatic carbocycles. The van der Waals surface area contributed by atoms with Crippen LogP contribution in [0.1, 0.15) is 43.7 Å². The second-order valence-electron chi connectivity index (χ2n) is 9.62. The van der Waals surface area contributed by atoms with E-state index < -0.39 is 29.6 Å². The number of hydrogen-bond acceptors (Lipinski definition) is 5. The van der Waals surface area contributed by atoms with Crippen molar-refractivity contribution in [3.8, 4) is 11.1 Å². The van der Waals surface area contributed by atoms with E-state index >= 15 is 0 Å². The third-order valence-corrected chi connectivity index (χ3v) is 7.25. The van der Waals surface area contributed by atoms with Gasteiger partial charge in [-0.2, -0.15) is 0 Å². The molecule has 4 rings (SSSR count). The predicted molar refractivity (Wildman–Crippen MR) is 130 cm³/mol. The van der Waals surface area contributed by atoms with Gasteiger partial charge in [0.2, 0.25) is 5.91 Å². The van der Waals surface area contributed by atoms with Gasteiger partial charge in [-0.1, -0.05) is 48.5 Å². The Morgan fingerprint density at radius 3 is 2.29 bits per heavy atom. The Balaban J connectivity index is 1.44. The molecule has 186 valence electrons. The fourth-order valence-electron chi connectivity index (χ4n) is 5.08. The molecule has 35 heavy (non-hydrogen) atoms. The van der Waals surface area contributed by atoms with Crippen LogP contribution in [-0.4, -0.2) is 66.9 Å². The molecule has 8 heteroatoms. The van der Waals surface area contributed by atoms with Gasteiger partial charge in [0.15, 0.2) is 0 Å². The first-order valence-electron chi connectivity index (χ1n) is 11.9. The number of carbonyl (C=O) groups is 3. The van der Waals surface area contributed by atoms with Crippen LogP contribution in [0.4, 0.5) is 4.79 Å². The van der Waals surface area contributed by atoms with E-state index in [0.29, 0.717) is 19.4 Å². The molecule has 2 aliphatic rings. The summed E-state index contributed by atoms with van der Waals surface area (Å²) in [6.45, 7) is 3.97. The molecule has 1 aliphatic heterocycles. The molecule has 0 spiro atoms. The fourth-order valence-corrected chi connectivity index (χ4v) is 5.08. The Hall–Kier alpha value is -3.39. The van der Waals surface area contributed by atoms with E-state index in [1.54, 1.807) is 13.8 Å². The van der Waals surface area contributed by atoms with Crippen LogP contribution in [0.3, 0.4) is 0 Å². The number of rotatable bonds is 7. The largest absolute Gasteiger partial charge is 0.481 e. The lowest BCUT2D eigenvalue weighted by Crippen LogP contribution is -2.58. The van der Waals surface area contributed by atoms with Crippen molar-refractivity contribution in [3.63, 3.8) is 0 Å². The van der Waals surface area contributed by atoms with Crippen LogP contribution in [0.2, 0.25) is 0 Å². The van der Waals surface area contributed by atoms with Crippen LogP contribution in [0.15, 0.2) is 48.5 Å². The number of piperidine rings is 1. The second-order valence-corrected chi connectivity index (χ2v) is 9.62. The van der Waals surface area contributed by atoms with Gasteiger partial charge in [-0.25, -0.2) is 4.79 Å². The fraction of sp³-hybridized carbons (Fsp3) is 0.444. The third kappa shape index (κ3) is 4.89. The summed E-state index contributed by atoms with van der Waals surface area (Å²) in [5, 5.41) is 12.3. The number of ether oxygens (including phenoxy) is 2. The van der Waals surface area contributed by atoms with E-state index in [0.717, 1.165) is 22.3 Å². The number of nitrogens with one attached hydrogen (secondary N) is 1. The molecule has 8 nitrogen and oxygen atoms in total. The van der Waals surface area contributed by atoms with Crippen LogP contribution >= 0.6 is 0 Å². The standard InChI is InChI=1S/C27H32N2O6/c1-17(34-3)23(24(30)29-14-8-13-27(2,16-29)25(31)32)28-26(33)35-15-22-20-11-6-4-9-18(20)19-10-5-7-12-21(19)22/h4-7,9-12,17,22-23H,8,13-16H2,1-3H3,(H,28,33)(H,31,32). The van der Waals surface area contributed by atoms with E-state index in [1.807, 2.05) is 36.4 Å². The minimum absolute atomic E-state index is 0.0838. The number of carboxylic acids is 1. The highest BCUT2D eigenvalue weighted by Crippen LogP contribution is 2.44. The summed E-state index contributed by atoms with van der Waals surface area (Å²) in [7, 11) is 1.46. The predicted octanol–water partition coefficient (Wildman–Crippen LogP) is 3.64. The van der Waals surface area contributed by atoms with E-state index in [2.05, 4.69) is 17.4 Å². The normalized spacial score (nSPS) is 20.9. The molecule has 3 unspecified atom stereocenters. The number of carbonyl (C=O) groups excluding carboxylic acids is 2. The van der Waals surface area contributed by atoms with E-state index in [4.69, 9.17) is 9.47 Å². The molecule has 1 heterocycles. The first kappa shape index (κ1) is 24.7. The van der Waals surface area contributed by atoms with Crippen LogP contribution in [0, 0.1) is 5.41 Å². The molecule has 2 aromatic rings. The monoisotopic (exact) mass is 480 g/mol. The Morgan fingerprint density at radius 2 is 1.71 bits per heavy atom. The van der Waals surface area contributed by atoms with E-state index in [-0.39, 0.29) is 25.0 Å². The lowest BCUT2D eigenvalue weighted by atomic mass is 9.82. The average Bonchev–Trinajstić information content (AvgIpc) is 3.19. The number of benzene rings is 2. The number of likely N-dealkylation sites (tertiary alicyclic amines) is 1. The van der Waals surface area contributed by atoms with Gasteiger partial charge in [-0.15, -0.1) is 0 Å². The van der Waals surface area contributed by atoms with Crippen molar-refractivity contribution >= 4 is 18.0 Å². The zero-order valence-electron chi connectivity index (χ0n) is 20.3.